The number of rotatable bonds is 6. The Morgan fingerprint density at radius 3 is 2.52 bits per heavy atom. The highest BCUT2D eigenvalue weighted by atomic mass is 16.5. The Morgan fingerprint density at radius 2 is 1.72 bits per heavy atom. The van der Waals surface area contributed by atoms with Gasteiger partial charge in [0.25, 0.3) is 0 Å². The normalized spacial score (nSPS) is 15.2. The standard InChI is InChI=1S/C24H29N3O2/c1-18(2)29-23-10-6-3-7-19(23)17-26-11-13-27(14-12-26)24(28)15-20-16-25-22-9-5-4-8-21(20)22/h3-10,16,18,25H,11-15,17H2,1-2H3. The summed E-state index contributed by atoms with van der Waals surface area (Å²) in [6.45, 7) is 8.27. The summed E-state index contributed by atoms with van der Waals surface area (Å²) < 4.78 is 5.95. The molecule has 2 heterocycles. The third kappa shape index (κ3) is 4.62. The predicted octanol–water partition coefficient (Wildman–Crippen LogP) is 3.84. The second kappa shape index (κ2) is 8.70. The van der Waals surface area contributed by atoms with Gasteiger partial charge in [0.05, 0.1) is 12.5 Å². The van der Waals surface area contributed by atoms with E-state index >= 15 is 0 Å². The van der Waals surface area contributed by atoms with E-state index in [0.717, 1.165) is 54.9 Å². The van der Waals surface area contributed by atoms with Crippen LogP contribution in [0.25, 0.3) is 10.9 Å². The molecule has 1 amide bonds. The number of aromatic amines is 1. The third-order valence-corrected chi connectivity index (χ3v) is 5.47. The van der Waals surface area contributed by atoms with Gasteiger partial charge in [0.2, 0.25) is 5.91 Å². The van der Waals surface area contributed by atoms with Gasteiger partial charge in [0.15, 0.2) is 0 Å². The van der Waals surface area contributed by atoms with E-state index in [9.17, 15) is 4.79 Å². The first kappa shape index (κ1) is 19.5. The summed E-state index contributed by atoms with van der Waals surface area (Å²) in [7, 11) is 0. The molecule has 0 unspecified atom stereocenters. The fourth-order valence-electron chi connectivity index (χ4n) is 3.95. The Balaban J connectivity index is 1.33. The molecule has 152 valence electrons. The second-order valence-electron chi connectivity index (χ2n) is 7.97. The van der Waals surface area contributed by atoms with Crippen molar-refractivity contribution in [1.29, 1.82) is 0 Å². The molecule has 0 spiro atoms. The fourth-order valence-corrected chi connectivity index (χ4v) is 3.95. The summed E-state index contributed by atoms with van der Waals surface area (Å²) in [6, 6.07) is 16.4. The number of H-pyrrole nitrogens is 1. The monoisotopic (exact) mass is 391 g/mol. The van der Waals surface area contributed by atoms with Crippen LogP contribution in [0.15, 0.2) is 54.7 Å². The number of benzene rings is 2. The van der Waals surface area contributed by atoms with Crippen LogP contribution < -0.4 is 4.74 Å². The van der Waals surface area contributed by atoms with Crippen molar-refractivity contribution in [3.05, 3.63) is 65.9 Å². The number of amides is 1. The molecule has 29 heavy (non-hydrogen) atoms. The average Bonchev–Trinajstić information content (AvgIpc) is 3.12. The van der Waals surface area contributed by atoms with Crippen LogP contribution in [0.4, 0.5) is 0 Å². The summed E-state index contributed by atoms with van der Waals surface area (Å²) in [6.07, 6.45) is 2.58. The molecule has 0 saturated carbocycles. The number of piperazine rings is 1. The second-order valence-corrected chi connectivity index (χ2v) is 7.97. The molecule has 1 saturated heterocycles. The number of aromatic nitrogens is 1. The minimum absolute atomic E-state index is 0.162. The maximum absolute atomic E-state index is 12.8. The smallest absolute Gasteiger partial charge is 0.227 e. The molecule has 0 aliphatic carbocycles. The largest absolute Gasteiger partial charge is 0.491 e. The molecule has 1 aliphatic rings. The first-order valence-corrected chi connectivity index (χ1v) is 10.4. The maximum Gasteiger partial charge on any atom is 0.227 e. The van der Waals surface area contributed by atoms with Crippen LogP contribution in [0.5, 0.6) is 5.75 Å². The highest BCUT2D eigenvalue weighted by Gasteiger charge is 2.22. The quantitative estimate of drug-likeness (QED) is 0.695. The van der Waals surface area contributed by atoms with Crippen molar-refractivity contribution in [3.8, 4) is 5.75 Å². The third-order valence-electron chi connectivity index (χ3n) is 5.47. The minimum atomic E-state index is 0.162. The number of carbonyl (C=O) groups excluding carboxylic acids is 1. The summed E-state index contributed by atoms with van der Waals surface area (Å²) in [5.41, 5.74) is 3.37. The summed E-state index contributed by atoms with van der Waals surface area (Å²) in [4.78, 5) is 20.5. The van der Waals surface area contributed by atoms with Crippen molar-refractivity contribution in [2.45, 2.75) is 32.9 Å². The molecule has 5 nitrogen and oxygen atoms in total. The van der Waals surface area contributed by atoms with Gasteiger partial charge in [-0.2, -0.15) is 0 Å². The van der Waals surface area contributed by atoms with Crippen LogP contribution in [-0.2, 0) is 17.8 Å². The van der Waals surface area contributed by atoms with Crippen LogP contribution in [0.1, 0.15) is 25.0 Å². The van der Waals surface area contributed by atoms with Gasteiger partial charge in [-0.3, -0.25) is 9.69 Å². The molecule has 1 aliphatic heterocycles. The zero-order valence-electron chi connectivity index (χ0n) is 17.2. The van der Waals surface area contributed by atoms with E-state index in [2.05, 4.69) is 41.9 Å². The zero-order chi connectivity index (χ0) is 20.2. The van der Waals surface area contributed by atoms with Gasteiger partial charge in [-0.25, -0.2) is 0 Å². The summed E-state index contributed by atoms with van der Waals surface area (Å²) >= 11 is 0. The molecule has 0 atom stereocenters. The van der Waals surface area contributed by atoms with E-state index < -0.39 is 0 Å². The summed E-state index contributed by atoms with van der Waals surface area (Å²) in [5, 5.41) is 1.14. The number of ether oxygens (including phenoxy) is 1. The van der Waals surface area contributed by atoms with Crippen LogP contribution in [0.2, 0.25) is 0 Å². The van der Waals surface area contributed by atoms with Gasteiger partial charge in [0.1, 0.15) is 5.75 Å². The lowest BCUT2D eigenvalue weighted by atomic mass is 10.1. The molecule has 0 radical (unpaired) electrons. The van der Waals surface area contributed by atoms with Crippen LogP contribution in [0.3, 0.4) is 0 Å². The highest BCUT2D eigenvalue weighted by Crippen LogP contribution is 2.22. The van der Waals surface area contributed by atoms with Crippen molar-refractivity contribution < 1.29 is 9.53 Å². The molecule has 2 aromatic carbocycles. The molecular weight excluding hydrogens is 362 g/mol. The number of nitrogens with one attached hydrogen (secondary N) is 1. The molecule has 4 rings (SSSR count). The van der Waals surface area contributed by atoms with E-state index in [0.29, 0.717) is 6.42 Å². The molecular formula is C24H29N3O2. The lowest BCUT2D eigenvalue weighted by Gasteiger charge is -2.35. The topological polar surface area (TPSA) is 48.6 Å². The Hall–Kier alpha value is -2.79. The fraction of sp³-hybridized carbons (Fsp3) is 0.375. The Morgan fingerprint density at radius 1 is 1.00 bits per heavy atom. The van der Waals surface area contributed by atoms with E-state index in [1.165, 1.54) is 5.56 Å². The number of hydrogen-bond donors (Lipinski definition) is 1. The van der Waals surface area contributed by atoms with Crippen molar-refractivity contribution in [1.82, 2.24) is 14.8 Å². The van der Waals surface area contributed by atoms with Gasteiger partial charge in [-0.1, -0.05) is 36.4 Å². The minimum Gasteiger partial charge on any atom is -0.491 e. The van der Waals surface area contributed by atoms with E-state index in [-0.39, 0.29) is 12.0 Å². The SMILES string of the molecule is CC(C)Oc1ccccc1CN1CCN(C(=O)Cc2c[nH]c3ccccc23)CC1. The van der Waals surface area contributed by atoms with Gasteiger partial charge < -0.3 is 14.6 Å². The number of nitrogens with zero attached hydrogens (tertiary/aromatic N) is 2. The van der Waals surface area contributed by atoms with Crippen molar-refractivity contribution >= 4 is 16.8 Å². The summed E-state index contributed by atoms with van der Waals surface area (Å²) in [5.74, 6) is 1.17. The molecule has 0 bridgehead atoms. The first-order chi connectivity index (χ1) is 14.1. The number of para-hydroxylation sites is 2. The van der Waals surface area contributed by atoms with E-state index in [4.69, 9.17) is 4.74 Å². The van der Waals surface area contributed by atoms with E-state index in [1.54, 1.807) is 0 Å². The van der Waals surface area contributed by atoms with Gasteiger partial charge in [-0.05, 0) is 31.5 Å². The first-order valence-electron chi connectivity index (χ1n) is 10.4. The lowest BCUT2D eigenvalue weighted by Crippen LogP contribution is -2.48. The Bertz CT molecular complexity index is 971. The van der Waals surface area contributed by atoms with Crippen molar-refractivity contribution in [2.75, 3.05) is 26.2 Å². The molecule has 1 aromatic heterocycles. The number of carbonyl (C=O) groups is 1. The van der Waals surface area contributed by atoms with Crippen molar-refractivity contribution in [2.24, 2.45) is 0 Å². The Labute approximate surface area is 172 Å². The van der Waals surface area contributed by atoms with Crippen LogP contribution in [0, 0.1) is 0 Å². The number of hydrogen-bond acceptors (Lipinski definition) is 3. The zero-order valence-corrected chi connectivity index (χ0v) is 17.2. The van der Waals surface area contributed by atoms with Gasteiger partial charge >= 0.3 is 0 Å². The van der Waals surface area contributed by atoms with Crippen LogP contribution in [-0.4, -0.2) is 53.0 Å². The van der Waals surface area contributed by atoms with Crippen LogP contribution >= 0.6 is 0 Å². The Kier molecular flexibility index (Phi) is 5.86. The van der Waals surface area contributed by atoms with Crippen molar-refractivity contribution in [3.63, 3.8) is 0 Å². The molecule has 3 aromatic rings. The van der Waals surface area contributed by atoms with Gasteiger partial charge in [0, 0.05) is 55.4 Å². The predicted molar refractivity (Wildman–Crippen MR) is 116 cm³/mol. The molecule has 5 heteroatoms. The average molecular weight is 392 g/mol. The van der Waals surface area contributed by atoms with Gasteiger partial charge in [-0.15, -0.1) is 0 Å². The maximum atomic E-state index is 12.8. The molecule has 1 fully saturated rings. The lowest BCUT2D eigenvalue weighted by molar-refractivity contribution is -0.132. The highest BCUT2D eigenvalue weighted by molar-refractivity contribution is 5.88. The van der Waals surface area contributed by atoms with E-state index in [1.807, 2.05) is 41.4 Å². The number of fused-ring (bicyclic) bond motifs is 1. The molecule has 1 N–H and O–H groups in total.